The van der Waals surface area contributed by atoms with Crippen LogP contribution >= 0.6 is 0 Å². The molecule has 0 saturated carbocycles. The molecule has 1 aliphatic heterocycles. The van der Waals surface area contributed by atoms with Gasteiger partial charge in [-0.25, -0.2) is 9.78 Å². The van der Waals surface area contributed by atoms with E-state index in [2.05, 4.69) is 10.1 Å². The normalized spacial score (nSPS) is 18.9. The lowest BCUT2D eigenvalue weighted by Crippen LogP contribution is -2.27. The molecule has 1 aliphatic rings. The molecule has 0 spiro atoms. The quantitative estimate of drug-likeness (QED) is 0.829. The summed E-state index contributed by atoms with van der Waals surface area (Å²) in [6.45, 7) is 3.29. The lowest BCUT2D eigenvalue weighted by atomic mass is 10.1. The van der Waals surface area contributed by atoms with Gasteiger partial charge in [0.2, 0.25) is 0 Å². The van der Waals surface area contributed by atoms with Gasteiger partial charge in [-0.2, -0.15) is 5.10 Å². The first-order valence-electron chi connectivity index (χ1n) is 6.55. The molecule has 1 atom stereocenters. The van der Waals surface area contributed by atoms with Gasteiger partial charge in [0.1, 0.15) is 5.56 Å². The Balaban J connectivity index is 2.29. The second-order valence-electron chi connectivity index (χ2n) is 5.23. The average Bonchev–Trinajstić information content (AvgIpc) is 2.93. The summed E-state index contributed by atoms with van der Waals surface area (Å²) < 4.78 is 1.68. The number of hydrogen-bond acceptors (Lipinski definition) is 5. The zero-order chi connectivity index (χ0) is 14.4. The number of anilines is 1. The molecule has 7 nitrogen and oxygen atoms in total. The van der Waals surface area contributed by atoms with Crippen molar-refractivity contribution in [2.75, 3.05) is 18.0 Å². The van der Waals surface area contributed by atoms with E-state index >= 15 is 0 Å². The number of pyridine rings is 1. The number of aromatic nitrogens is 3. The van der Waals surface area contributed by atoms with E-state index in [-0.39, 0.29) is 11.6 Å². The highest BCUT2D eigenvalue weighted by Gasteiger charge is 2.28. The maximum atomic E-state index is 11.5. The minimum absolute atomic E-state index is 0.0804. The fourth-order valence-corrected chi connectivity index (χ4v) is 2.87. The zero-order valence-corrected chi connectivity index (χ0v) is 11.5. The number of rotatable bonds is 2. The Morgan fingerprint density at radius 2 is 2.30 bits per heavy atom. The van der Waals surface area contributed by atoms with Gasteiger partial charge in [0, 0.05) is 32.4 Å². The first-order valence-corrected chi connectivity index (χ1v) is 6.55. The summed E-state index contributed by atoms with van der Waals surface area (Å²) in [4.78, 5) is 17.8. The fourth-order valence-electron chi connectivity index (χ4n) is 2.87. The van der Waals surface area contributed by atoms with E-state index in [0.29, 0.717) is 17.9 Å². The highest BCUT2D eigenvalue weighted by Crippen LogP contribution is 2.33. The molecular weight excluding hydrogens is 258 g/mol. The summed E-state index contributed by atoms with van der Waals surface area (Å²) in [6, 6.07) is 0.0804. The predicted molar refractivity (Wildman–Crippen MR) is 75.0 cm³/mol. The van der Waals surface area contributed by atoms with Crippen LogP contribution in [0.15, 0.2) is 6.20 Å². The van der Waals surface area contributed by atoms with Crippen LogP contribution in [0.4, 0.5) is 5.69 Å². The average molecular weight is 275 g/mol. The van der Waals surface area contributed by atoms with Crippen molar-refractivity contribution in [2.24, 2.45) is 12.8 Å². The van der Waals surface area contributed by atoms with Crippen molar-refractivity contribution in [3.8, 4) is 0 Å². The minimum atomic E-state index is -0.974. The van der Waals surface area contributed by atoms with Crippen molar-refractivity contribution in [3.63, 3.8) is 0 Å². The van der Waals surface area contributed by atoms with Crippen LogP contribution in [-0.4, -0.2) is 45.0 Å². The Bertz CT molecular complexity index is 694. The maximum absolute atomic E-state index is 11.5. The van der Waals surface area contributed by atoms with E-state index < -0.39 is 5.97 Å². The van der Waals surface area contributed by atoms with Crippen molar-refractivity contribution in [1.82, 2.24) is 14.8 Å². The topological polar surface area (TPSA) is 97.3 Å². The molecule has 1 unspecified atom stereocenters. The third-order valence-corrected chi connectivity index (χ3v) is 3.77. The molecule has 0 aromatic carbocycles. The van der Waals surface area contributed by atoms with Gasteiger partial charge in [0.15, 0.2) is 5.65 Å². The van der Waals surface area contributed by atoms with Crippen LogP contribution in [0, 0.1) is 6.92 Å². The number of nitrogens with two attached hydrogens (primary N) is 1. The summed E-state index contributed by atoms with van der Waals surface area (Å²) in [5.74, 6) is -0.974. The van der Waals surface area contributed by atoms with Gasteiger partial charge < -0.3 is 15.7 Å². The van der Waals surface area contributed by atoms with Gasteiger partial charge in [-0.15, -0.1) is 0 Å². The minimum Gasteiger partial charge on any atom is -0.478 e. The Morgan fingerprint density at radius 1 is 1.55 bits per heavy atom. The smallest absolute Gasteiger partial charge is 0.339 e. The highest BCUT2D eigenvalue weighted by atomic mass is 16.4. The Morgan fingerprint density at radius 3 is 2.90 bits per heavy atom. The van der Waals surface area contributed by atoms with Crippen molar-refractivity contribution >= 4 is 22.7 Å². The SMILES string of the molecule is Cc1nn(C)c2ncc(C(=O)O)c(N3CCC(N)C3)c12. The van der Waals surface area contributed by atoms with Gasteiger partial charge in [-0.05, 0) is 13.3 Å². The summed E-state index contributed by atoms with van der Waals surface area (Å²) in [5.41, 5.74) is 8.34. The summed E-state index contributed by atoms with van der Waals surface area (Å²) in [6.07, 6.45) is 2.27. The van der Waals surface area contributed by atoms with Crippen LogP contribution in [0.1, 0.15) is 22.5 Å². The van der Waals surface area contributed by atoms with Crippen molar-refractivity contribution < 1.29 is 9.90 Å². The zero-order valence-electron chi connectivity index (χ0n) is 11.5. The lowest BCUT2D eigenvalue weighted by Gasteiger charge is -2.21. The molecule has 0 bridgehead atoms. The Kier molecular flexibility index (Phi) is 2.86. The van der Waals surface area contributed by atoms with Gasteiger partial charge in [-0.1, -0.05) is 0 Å². The molecule has 1 fully saturated rings. The van der Waals surface area contributed by atoms with E-state index in [0.717, 1.165) is 24.0 Å². The molecule has 0 amide bonds. The number of hydrogen-bond donors (Lipinski definition) is 2. The summed E-state index contributed by atoms with van der Waals surface area (Å²) in [7, 11) is 1.81. The van der Waals surface area contributed by atoms with Crippen molar-refractivity contribution in [3.05, 3.63) is 17.5 Å². The molecule has 2 aromatic heterocycles. The molecule has 0 radical (unpaired) electrons. The third kappa shape index (κ3) is 1.82. The van der Waals surface area contributed by atoms with Crippen molar-refractivity contribution in [2.45, 2.75) is 19.4 Å². The second-order valence-corrected chi connectivity index (χ2v) is 5.23. The van der Waals surface area contributed by atoms with Crippen molar-refractivity contribution in [1.29, 1.82) is 0 Å². The summed E-state index contributed by atoms with van der Waals surface area (Å²) >= 11 is 0. The number of carboxylic acids is 1. The third-order valence-electron chi connectivity index (χ3n) is 3.77. The number of nitrogens with zero attached hydrogens (tertiary/aromatic N) is 4. The van der Waals surface area contributed by atoms with E-state index in [1.807, 2.05) is 18.9 Å². The lowest BCUT2D eigenvalue weighted by molar-refractivity contribution is 0.0697. The van der Waals surface area contributed by atoms with E-state index in [1.54, 1.807) is 4.68 Å². The second kappa shape index (κ2) is 4.45. The van der Waals surface area contributed by atoms with Gasteiger partial charge >= 0.3 is 5.97 Å². The van der Waals surface area contributed by atoms with Gasteiger partial charge in [0.05, 0.1) is 16.8 Å². The van der Waals surface area contributed by atoms with Crippen LogP contribution < -0.4 is 10.6 Å². The largest absolute Gasteiger partial charge is 0.478 e. The molecule has 1 saturated heterocycles. The van der Waals surface area contributed by atoms with Crippen LogP contribution in [0.25, 0.3) is 11.0 Å². The number of aromatic carboxylic acids is 1. The van der Waals surface area contributed by atoms with Crippen LogP contribution in [-0.2, 0) is 7.05 Å². The number of carbonyl (C=O) groups is 1. The molecule has 20 heavy (non-hydrogen) atoms. The molecule has 3 N–H and O–H groups in total. The first-order chi connectivity index (χ1) is 9.49. The Hall–Kier alpha value is -2.15. The molecule has 2 aromatic rings. The van der Waals surface area contributed by atoms with Gasteiger partial charge in [-0.3, -0.25) is 4.68 Å². The number of fused-ring (bicyclic) bond motifs is 1. The van der Waals surface area contributed by atoms with Gasteiger partial charge in [0.25, 0.3) is 0 Å². The Labute approximate surface area is 116 Å². The molecule has 3 heterocycles. The van der Waals surface area contributed by atoms with E-state index in [4.69, 9.17) is 5.73 Å². The fraction of sp³-hybridized carbons (Fsp3) is 0.462. The molecule has 0 aliphatic carbocycles. The molecule has 3 rings (SSSR count). The molecular formula is C13H17N5O2. The monoisotopic (exact) mass is 275 g/mol. The first kappa shape index (κ1) is 12.9. The number of carboxylic acid groups (broad SMARTS) is 1. The molecule has 7 heteroatoms. The van der Waals surface area contributed by atoms with Crippen LogP contribution in [0.3, 0.4) is 0 Å². The van der Waals surface area contributed by atoms with Crippen LogP contribution in [0.2, 0.25) is 0 Å². The summed E-state index contributed by atoms with van der Waals surface area (Å²) in [5, 5.41) is 14.6. The van der Waals surface area contributed by atoms with Crippen LogP contribution in [0.5, 0.6) is 0 Å². The number of aryl methyl sites for hydroxylation is 2. The standard InChI is InChI=1S/C13H17N5O2/c1-7-10-11(18-4-3-8(14)6-18)9(13(19)20)5-15-12(10)17(2)16-7/h5,8H,3-4,6,14H2,1-2H3,(H,19,20). The van der Waals surface area contributed by atoms with E-state index in [9.17, 15) is 9.90 Å². The maximum Gasteiger partial charge on any atom is 0.339 e. The molecule has 106 valence electrons. The highest BCUT2D eigenvalue weighted by molar-refractivity contribution is 6.04. The van der Waals surface area contributed by atoms with E-state index in [1.165, 1.54) is 6.20 Å². The predicted octanol–water partition coefficient (Wildman–Crippen LogP) is 0.512.